The van der Waals surface area contributed by atoms with E-state index in [1.807, 2.05) is 64.8 Å². The molecule has 266 valence electrons. The summed E-state index contributed by atoms with van der Waals surface area (Å²) in [4.78, 5) is 30.2. The Morgan fingerprint density at radius 1 is 1.02 bits per heavy atom. The molecule has 50 heavy (non-hydrogen) atoms. The summed E-state index contributed by atoms with van der Waals surface area (Å²) in [5.41, 5.74) is 7.88. The maximum absolute atomic E-state index is 13.4. The summed E-state index contributed by atoms with van der Waals surface area (Å²) in [5, 5.41) is 9.76. The molecule has 0 radical (unpaired) electrons. The number of hydrogen-bond donors (Lipinski definition) is 0. The highest BCUT2D eigenvalue weighted by Crippen LogP contribution is 2.40. The van der Waals surface area contributed by atoms with Gasteiger partial charge in [-0.25, -0.2) is 0 Å². The third kappa shape index (κ3) is 7.46. The lowest BCUT2D eigenvalue weighted by molar-refractivity contribution is -0.129. The highest BCUT2D eigenvalue weighted by molar-refractivity contribution is 5.97. The molecule has 2 aliphatic heterocycles. The number of piperidine rings is 1. The standard InChI is InChI=1S/C41H52N4O5/c1-25-11-12-32-28(4)45(40(47)30(22-42)21-41(5,6)7)18-15-33(32)38(25)50-31-13-16-44(17-14-31)24-35-36(48-9)19-29(20-37(35)49-10)34-23-43(8)39(46)27(3)26(34)2/h11-12,19-21,23,28,31H,13-18,24H2,1-10H3/b30-21+. The van der Waals surface area contributed by atoms with E-state index in [4.69, 9.17) is 14.2 Å². The number of hydrogen-bond acceptors (Lipinski definition) is 7. The molecular formula is C41H52N4O5. The van der Waals surface area contributed by atoms with Gasteiger partial charge in [0.25, 0.3) is 11.5 Å². The fraction of sp³-hybridized carbons (Fsp3) is 0.488. The molecule has 1 unspecified atom stereocenters. The largest absolute Gasteiger partial charge is 0.496 e. The summed E-state index contributed by atoms with van der Waals surface area (Å²) in [6, 6.07) is 10.3. The molecule has 3 aromatic rings. The molecule has 0 aliphatic carbocycles. The number of ether oxygens (including phenoxy) is 3. The van der Waals surface area contributed by atoms with Crippen LogP contribution in [0.2, 0.25) is 0 Å². The van der Waals surface area contributed by atoms with Crippen molar-refractivity contribution in [2.75, 3.05) is 33.9 Å². The van der Waals surface area contributed by atoms with Gasteiger partial charge in [0.05, 0.1) is 25.8 Å². The predicted octanol–water partition coefficient (Wildman–Crippen LogP) is 6.98. The Morgan fingerprint density at radius 2 is 1.66 bits per heavy atom. The zero-order valence-corrected chi connectivity index (χ0v) is 31.4. The second kappa shape index (κ2) is 14.7. The highest BCUT2D eigenvalue weighted by Gasteiger charge is 2.33. The van der Waals surface area contributed by atoms with Crippen LogP contribution in [0.4, 0.5) is 0 Å². The number of nitriles is 1. The number of benzene rings is 2. The van der Waals surface area contributed by atoms with Gasteiger partial charge in [-0.2, -0.15) is 5.26 Å². The predicted molar refractivity (Wildman–Crippen MR) is 197 cm³/mol. The van der Waals surface area contributed by atoms with Crippen LogP contribution in [-0.4, -0.2) is 60.2 Å². The smallest absolute Gasteiger partial charge is 0.264 e. The van der Waals surface area contributed by atoms with Gasteiger partial charge in [-0.05, 0) is 86.8 Å². The first kappa shape index (κ1) is 36.7. The van der Waals surface area contributed by atoms with Gasteiger partial charge in [-0.15, -0.1) is 0 Å². The van der Waals surface area contributed by atoms with Gasteiger partial charge >= 0.3 is 0 Å². The fourth-order valence-corrected chi connectivity index (χ4v) is 7.31. The Bertz CT molecular complexity index is 1880. The van der Waals surface area contributed by atoms with E-state index in [0.717, 1.165) is 82.1 Å². The molecule has 0 spiro atoms. The van der Waals surface area contributed by atoms with E-state index in [9.17, 15) is 14.9 Å². The van der Waals surface area contributed by atoms with Crippen LogP contribution in [0, 0.1) is 37.5 Å². The normalized spacial score (nSPS) is 17.3. The minimum Gasteiger partial charge on any atom is -0.496 e. The van der Waals surface area contributed by atoms with Gasteiger partial charge in [0.15, 0.2) is 0 Å². The van der Waals surface area contributed by atoms with E-state index in [1.54, 1.807) is 31.9 Å². The van der Waals surface area contributed by atoms with Crippen molar-refractivity contribution >= 4 is 5.91 Å². The minimum absolute atomic E-state index is 0.00372. The average molecular weight is 681 g/mol. The summed E-state index contributed by atoms with van der Waals surface area (Å²) < 4.78 is 20.2. The number of likely N-dealkylation sites (tertiary alicyclic amines) is 1. The van der Waals surface area contributed by atoms with Crippen LogP contribution in [0.1, 0.15) is 80.0 Å². The number of aromatic nitrogens is 1. The zero-order chi connectivity index (χ0) is 36.5. The van der Waals surface area contributed by atoms with Gasteiger partial charge in [-0.3, -0.25) is 14.5 Å². The van der Waals surface area contributed by atoms with E-state index in [-0.39, 0.29) is 34.6 Å². The number of rotatable bonds is 8. The van der Waals surface area contributed by atoms with E-state index < -0.39 is 0 Å². The maximum atomic E-state index is 13.4. The Morgan fingerprint density at radius 3 is 2.24 bits per heavy atom. The molecule has 5 rings (SSSR count). The highest BCUT2D eigenvalue weighted by atomic mass is 16.5. The minimum atomic E-state index is -0.266. The quantitative estimate of drug-likeness (QED) is 0.187. The first-order valence-electron chi connectivity index (χ1n) is 17.5. The van der Waals surface area contributed by atoms with Crippen LogP contribution in [0.25, 0.3) is 11.1 Å². The lowest BCUT2D eigenvalue weighted by Gasteiger charge is -2.38. The molecule has 1 saturated heterocycles. The SMILES string of the molecule is COc1cc(-c2cn(C)c(=O)c(C)c2C)cc(OC)c1CN1CCC(Oc2c(C)ccc3c2CCN(C(=O)/C(C#N)=C/C(C)(C)C)C3C)CC1. The first-order chi connectivity index (χ1) is 23.7. The van der Waals surface area contributed by atoms with Crippen LogP contribution >= 0.6 is 0 Å². The van der Waals surface area contributed by atoms with Crippen LogP contribution in [-0.2, 0) is 24.8 Å². The molecule has 9 nitrogen and oxygen atoms in total. The number of methoxy groups -OCH3 is 2. The van der Waals surface area contributed by atoms with Crippen molar-refractivity contribution < 1.29 is 19.0 Å². The maximum Gasteiger partial charge on any atom is 0.264 e. The summed E-state index contributed by atoms with van der Waals surface area (Å²) in [6.07, 6.45) is 6.17. The van der Waals surface area contributed by atoms with Crippen molar-refractivity contribution in [3.8, 4) is 34.4 Å². The lowest BCUT2D eigenvalue weighted by Crippen LogP contribution is -2.40. The van der Waals surface area contributed by atoms with Crippen molar-refractivity contribution in [3.05, 3.63) is 85.8 Å². The first-order valence-corrected chi connectivity index (χ1v) is 17.5. The molecule has 9 heteroatoms. The molecule has 3 heterocycles. The van der Waals surface area contributed by atoms with Gasteiger partial charge in [0.1, 0.15) is 35.0 Å². The molecule has 1 amide bonds. The number of aryl methyl sites for hydroxylation is 2. The number of amides is 1. The van der Waals surface area contributed by atoms with Crippen LogP contribution in [0.5, 0.6) is 17.2 Å². The van der Waals surface area contributed by atoms with Crippen molar-refractivity contribution in [2.24, 2.45) is 12.5 Å². The lowest BCUT2D eigenvalue weighted by atomic mass is 9.89. The van der Waals surface area contributed by atoms with Crippen LogP contribution in [0.3, 0.4) is 0 Å². The summed E-state index contributed by atoms with van der Waals surface area (Å²) in [5.74, 6) is 2.24. The zero-order valence-electron chi connectivity index (χ0n) is 31.4. The Labute approximate surface area is 297 Å². The Hall–Kier alpha value is -4.55. The average Bonchev–Trinajstić information content (AvgIpc) is 3.09. The Balaban J connectivity index is 1.29. The van der Waals surface area contributed by atoms with Crippen molar-refractivity contribution in [2.45, 2.75) is 86.4 Å². The van der Waals surface area contributed by atoms with Gasteiger partial charge in [0.2, 0.25) is 0 Å². The number of carbonyl (C=O) groups excluding carboxylic acids is 1. The Kier molecular flexibility index (Phi) is 10.8. The van der Waals surface area contributed by atoms with E-state index in [2.05, 4.69) is 30.0 Å². The number of nitrogens with zero attached hydrogens (tertiary/aromatic N) is 4. The van der Waals surface area contributed by atoms with E-state index in [0.29, 0.717) is 19.5 Å². The van der Waals surface area contributed by atoms with E-state index in [1.165, 1.54) is 5.56 Å². The summed E-state index contributed by atoms with van der Waals surface area (Å²) in [6.45, 7) is 16.9. The number of allylic oxidation sites excluding steroid dienone is 1. The molecule has 2 aromatic carbocycles. The molecular weight excluding hydrogens is 628 g/mol. The van der Waals surface area contributed by atoms with Gasteiger partial charge < -0.3 is 23.7 Å². The second-order valence-corrected chi connectivity index (χ2v) is 14.9. The third-order valence-corrected chi connectivity index (χ3v) is 10.3. The summed E-state index contributed by atoms with van der Waals surface area (Å²) >= 11 is 0. The third-order valence-electron chi connectivity index (χ3n) is 10.3. The number of pyridine rings is 1. The number of fused-ring (bicyclic) bond motifs is 1. The van der Waals surface area contributed by atoms with E-state index >= 15 is 0 Å². The topological polar surface area (TPSA) is 97.0 Å². The molecule has 0 N–H and O–H groups in total. The monoisotopic (exact) mass is 680 g/mol. The van der Waals surface area contributed by atoms with Crippen molar-refractivity contribution in [1.82, 2.24) is 14.4 Å². The molecule has 0 saturated carbocycles. The molecule has 0 bridgehead atoms. The summed E-state index contributed by atoms with van der Waals surface area (Å²) in [7, 11) is 5.15. The number of carbonyl (C=O) groups is 1. The fourth-order valence-electron chi connectivity index (χ4n) is 7.31. The van der Waals surface area contributed by atoms with Gasteiger partial charge in [0, 0.05) is 56.1 Å². The van der Waals surface area contributed by atoms with Crippen LogP contribution < -0.4 is 19.8 Å². The molecule has 1 aromatic heterocycles. The van der Waals surface area contributed by atoms with Gasteiger partial charge in [-0.1, -0.05) is 39.0 Å². The van der Waals surface area contributed by atoms with Crippen molar-refractivity contribution in [1.29, 1.82) is 5.26 Å². The molecule has 2 aliphatic rings. The van der Waals surface area contributed by atoms with Crippen molar-refractivity contribution in [3.63, 3.8) is 0 Å². The second-order valence-electron chi connectivity index (χ2n) is 14.9. The molecule has 1 fully saturated rings. The van der Waals surface area contributed by atoms with Crippen LogP contribution in [0.15, 0.2) is 46.9 Å². The molecule has 1 atom stereocenters.